The van der Waals surface area contributed by atoms with Crippen molar-refractivity contribution in [2.75, 3.05) is 0 Å². The zero-order valence-electron chi connectivity index (χ0n) is 11.1. The van der Waals surface area contributed by atoms with Crippen molar-refractivity contribution in [3.63, 3.8) is 0 Å². The van der Waals surface area contributed by atoms with E-state index < -0.39 is 10.7 Å². The molecule has 0 aliphatic carbocycles. The Labute approximate surface area is 130 Å². The van der Waals surface area contributed by atoms with Gasteiger partial charge in [-0.3, -0.25) is 0 Å². The van der Waals surface area contributed by atoms with Gasteiger partial charge in [-0.05, 0) is 35.0 Å². The first kappa shape index (κ1) is 13.9. The normalized spacial score (nSPS) is 10.6. The van der Waals surface area contributed by atoms with Crippen LogP contribution in [-0.2, 0) is 10.7 Å². The van der Waals surface area contributed by atoms with E-state index in [2.05, 4.69) is 34.2 Å². The molecule has 0 saturated carbocycles. The van der Waals surface area contributed by atoms with Crippen molar-refractivity contribution in [2.45, 2.75) is 9.79 Å². The zero-order chi connectivity index (χ0) is 14.5. The molecule has 0 atom stereocenters. The van der Waals surface area contributed by atoms with Crippen LogP contribution in [0.5, 0.6) is 0 Å². The first-order chi connectivity index (χ1) is 10.3. The third-order valence-corrected chi connectivity index (χ3v) is 4.75. The monoisotopic (exact) mass is 313 g/mol. The molecule has 1 heterocycles. The summed E-state index contributed by atoms with van der Waals surface area (Å²) in [7, 11) is -0.434. The van der Waals surface area contributed by atoms with Crippen LogP contribution < -0.4 is 0 Å². The lowest BCUT2D eigenvalue weighted by atomic mass is 10.4. The second-order valence-corrected chi connectivity index (χ2v) is 6.28. The van der Waals surface area contributed by atoms with Crippen LogP contribution in [-0.4, -0.2) is 9.97 Å². The van der Waals surface area contributed by atoms with Crippen molar-refractivity contribution >= 4 is 28.1 Å². The number of hydrogen-bond donors (Lipinski definition) is 0. The van der Waals surface area contributed by atoms with Gasteiger partial charge < -0.3 is 0 Å². The van der Waals surface area contributed by atoms with Crippen LogP contribution in [0.3, 0.4) is 0 Å². The molecule has 1 aromatic heterocycles. The van der Waals surface area contributed by atoms with E-state index in [9.17, 15) is 0 Å². The summed E-state index contributed by atoms with van der Waals surface area (Å²) in [6.45, 7) is 0. The van der Waals surface area contributed by atoms with E-state index in [1.54, 1.807) is 6.07 Å². The molecule has 3 nitrogen and oxygen atoms in total. The largest absolute Gasteiger partial charge is 0.224 e. The van der Waals surface area contributed by atoms with Crippen molar-refractivity contribution in [1.29, 1.82) is 0 Å². The van der Waals surface area contributed by atoms with Crippen molar-refractivity contribution in [1.82, 2.24) is 9.97 Å². The van der Waals surface area contributed by atoms with Gasteiger partial charge in [0.25, 0.3) is 0 Å². The van der Waals surface area contributed by atoms with Gasteiger partial charge in [-0.1, -0.05) is 48.0 Å². The Morgan fingerprint density at radius 2 is 1.38 bits per heavy atom. The lowest BCUT2D eigenvalue weighted by Gasteiger charge is -2.08. The molecule has 5 heteroatoms. The highest BCUT2D eigenvalue weighted by Gasteiger charge is 2.05. The fraction of sp³-hybridized carbons (Fsp3) is 0. The zero-order valence-corrected chi connectivity index (χ0v) is 12.6. The van der Waals surface area contributed by atoms with Crippen molar-refractivity contribution in [2.24, 2.45) is 4.36 Å². The number of halogens is 1. The maximum absolute atomic E-state index is 5.91. The highest BCUT2D eigenvalue weighted by atomic mass is 35.5. The van der Waals surface area contributed by atoms with Crippen molar-refractivity contribution < 1.29 is 0 Å². The molecule has 3 rings (SSSR count). The molecular formula is C16H12ClN3S. The van der Waals surface area contributed by atoms with Gasteiger partial charge in [0.05, 0.1) is 0 Å². The Morgan fingerprint density at radius 1 is 0.810 bits per heavy atom. The van der Waals surface area contributed by atoms with Gasteiger partial charge in [-0.25, -0.2) is 9.97 Å². The minimum Gasteiger partial charge on any atom is -0.224 e. The van der Waals surface area contributed by atoms with Crippen LogP contribution in [0.1, 0.15) is 0 Å². The molecule has 3 aromatic rings. The fourth-order valence-electron chi connectivity index (χ4n) is 1.81. The topological polar surface area (TPSA) is 38.1 Å². The molecule has 0 aliphatic rings. The summed E-state index contributed by atoms with van der Waals surface area (Å²) in [5.74, 6) is 0.589. The summed E-state index contributed by atoms with van der Waals surface area (Å²) < 4.78 is 4.75. The SMILES string of the molecule is Clc1cc(N=S(c2ccccc2)c2ccccc2)ncn1. The van der Waals surface area contributed by atoms with Gasteiger partial charge in [-0.2, -0.15) is 4.36 Å². The Morgan fingerprint density at radius 3 is 1.90 bits per heavy atom. The van der Waals surface area contributed by atoms with E-state index in [-0.39, 0.29) is 0 Å². The molecule has 2 aromatic carbocycles. The van der Waals surface area contributed by atoms with Gasteiger partial charge in [0, 0.05) is 15.9 Å². The van der Waals surface area contributed by atoms with Crippen LogP contribution in [0, 0.1) is 0 Å². The summed E-state index contributed by atoms with van der Waals surface area (Å²) in [5, 5.41) is 0.397. The van der Waals surface area contributed by atoms with Crippen LogP contribution in [0.4, 0.5) is 5.82 Å². The van der Waals surface area contributed by atoms with Crippen LogP contribution in [0.25, 0.3) is 0 Å². The molecule has 104 valence electrons. The number of nitrogens with zero attached hydrogens (tertiary/aromatic N) is 3. The predicted octanol–water partition coefficient (Wildman–Crippen LogP) is 4.68. The second-order valence-electron chi connectivity index (χ2n) is 4.20. The third-order valence-electron chi connectivity index (χ3n) is 2.74. The predicted molar refractivity (Wildman–Crippen MR) is 85.9 cm³/mol. The maximum Gasteiger partial charge on any atom is 0.164 e. The first-order valence-electron chi connectivity index (χ1n) is 6.37. The summed E-state index contributed by atoms with van der Waals surface area (Å²) in [6, 6.07) is 22.0. The van der Waals surface area contributed by atoms with E-state index in [1.165, 1.54) is 6.33 Å². The first-order valence-corrected chi connectivity index (χ1v) is 7.93. The quantitative estimate of drug-likeness (QED) is 0.658. The Kier molecular flexibility index (Phi) is 4.38. The van der Waals surface area contributed by atoms with Gasteiger partial charge in [0.2, 0.25) is 0 Å². The Bertz CT molecular complexity index is 719. The Balaban J connectivity index is 2.13. The number of rotatable bonds is 3. The van der Waals surface area contributed by atoms with Crippen LogP contribution in [0.15, 0.2) is 87.2 Å². The van der Waals surface area contributed by atoms with Gasteiger partial charge >= 0.3 is 0 Å². The molecule has 0 radical (unpaired) electrons. The minimum atomic E-state index is -0.434. The van der Waals surface area contributed by atoms with Crippen LogP contribution >= 0.6 is 11.6 Å². The molecule has 0 bridgehead atoms. The minimum absolute atomic E-state index is 0.397. The molecule has 0 spiro atoms. The van der Waals surface area contributed by atoms with E-state index in [0.29, 0.717) is 11.0 Å². The molecule has 0 aliphatic heterocycles. The average molecular weight is 314 g/mol. The van der Waals surface area contributed by atoms with Crippen LogP contribution in [0.2, 0.25) is 5.15 Å². The summed E-state index contributed by atoms with van der Waals surface area (Å²) >= 11 is 5.91. The van der Waals surface area contributed by atoms with E-state index in [1.807, 2.05) is 36.4 Å². The average Bonchev–Trinajstić information content (AvgIpc) is 2.54. The van der Waals surface area contributed by atoms with Crippen molar-refractivity contribution in [3.8, 4) is 0 Å². The fourth-order valence-corrected chi connectivity index (χ4v) is 3.55. The highest BCUT2D eigenvalue weighted by molar-refractivity contribution is 7.87. The van der Waals surface area contributed by atoms with Gasteiger partial charge in [0.1, 0.15) is 11.5 Å². The summed E-state index contributed by atoms with van der Waals surface area (Å²) in [4.78, 5) is 10.3. The number of aromatic nitrogens is 2. The standard InChI is InChI=1S/C16H12ClN3S/c17-15-11-16(19-12-18-15)20-21(13-7-3-1-4-8-13)14-9-5-2-6-10-14/h1-12H. The number of hydrogen-bond acceptors (Lipinski definition) is 3. The lowest BCUT2D eigenvalue weighted by molar-refractivity contribution is 1.15. The van der Waals surface area contributed by atoms with E-state index in [0.717, 1.165) is 9.79 Å². The number of benzene rings is 2. The molecule has 0 amide bonds. The second kappa shape index (κ2) is 6.61. The lowest BCUT2D eigenvalue weighted by Crippen LogP contribution is -1.92. The maximum atomic E-state index is 5.91. The highest BCUT2D eigenvalue weighted by Crippen LogP contribution is 2.23. The molecule has 0 unspecified atom stereocenters. The third kappa shape index (κ3) is 3.54. The molecule has 21 heavy (non-hydrogen) atoms. The summed E-state index contributed by atoms with van der Waals surface area (Å²) in [6.07, 6.45) is 1.43. The molecule has 0 N–H and O–H groups in total. The molecule has 0 saturated heterocycles. The van der Waals surface area contributed by atoms with E-state index >= 15 is 0 Å². The Hall–Kier alpha value is -2.04. The smallest absolute Gasteiger partial charge is 0.164 e. The summed E-state index contributed by atoms with van der Waals surface area (Å²) in [5.41, 5.74) is 0. The van der Waals surface area contributed by atoms with Gasteiger partial charge in [0.15, 0.2) is 5.82 Å². The van der Waals surface area contributed by atoms with E-state index in [4.69, 9.17) is 16.0 Å². The molecule has 0 fully saturated rings. The van der Waals surface area contributed by atoms with Crippen molar-refractivity contribution in [3.05, 3.63) is 78.2 Å². The van der Waals surface area contributed by atoms with Gasteiger partial charge in [-0.15, -0.1) is 0 Å². The molecular weight excluding hydrogens is 302 g/mol.